The van der Waals surface area contributed by atoms with Crippen LogP contribution in [0.25, 0.3) is 0 Å². The second kappa shape index (κ2) is 5.80. The van der Waals surface area contributed by atoms with Gasteiger partial charge in [0, 0.05) is 5.41 Å². The van der Waals surface area contributed by atoms with Crippen LogP contribution in [-0.2, 0) is 0 Å². The van der Waals surface area contributed by atoms with Gasteiger partial charge in [-0.1, -0.05) is 19.9 Å². The summed E-state index contributed by atoms with van der Waals surface area (Å²) in [6.07, 6.45) is 1.19. The molecule has 3 N–H and O–H groups in total. The molecule has 5 heteroatoms. The maximum absolute atomic E-state index is 13.2. The quantitative estimate of drug-likeness (QED) is 0.467. The Bertz CT molecular complexity index is 413. The van der Waals surface area contributed by atoms with E-state index in [0.29, 0.717) is 12.8 Å². The largest absolute Gasteiger partial charge is 0.488 e. The summed E-state index contributed by atoms with van der Waals surface area (Å²) < 4.78 is 31.5. The first kappa shape index (κ1) is 14.4. The van der Waals surface area contributed by atoms with Crippen molar-refractivity contribution in [2.24, 2.45) is 11.1 Å². The minimum atomic E-state index is -0.708. The van der Waals surface area contributed by atoms with Gasteiger partial charge in [0.25, 0.3) is 0 Å². The number of amidine groups is 1. The van der Waals surface area contributed by atoms with Gasteiger partial charge in [0.15, 0.2) is 17.4 Å². The van der Waals surface area contributed by atoms with Crippen molar-refractivity contribution in [1.82, 2.24) is 0 Å². The molecule has 1 aromatic carbocycles. The van der Waals surface area contributed by atoms with Crippen molar-refractivity contribution in [1.29, 1.82) is 5.41 Å². The Kier molecular flexibility index (Phi) is 4.64. The molecule has 1 rings (SSSR count). The maximum atomic E-state index is 13.2. The third-order valence-corrected chi connectivity index (χ3v) is 2.84. The molecule has 0 radical (unpaired) electrons. The topological polar surface area (TPSA) is 59.1 Å². The summed E-state index contributed by atoms with van der Waals surface area (Å²) in [5.74, 6) is -1.67. The van der Waals surface area contributed by atoms with Crippen LogP contribution >= 0.6 is 0 Å². The number of hydrogen-bond acceptors (Lipinski definition) is 2. The smallest absolute Gasteiger partial charge is 0.190 e. The minimum Gasteiger partial charge on any atom is -0.488 e. The Morgan fingerprint density at radius 2 is 1.89 bits per heavy atom. The van der Waals surface area contributed by atoms with Crippen LogP contribution < -0.4 is 10.5 Å². The first-order chi connectivity index (χ1) is 8.34. The van der Waals surface area contributed by atoms with Crippen LogP contribution in [0.5, 0.6) is 5.75 Å². The lowest BCUT2D eigenvalue weighted by Crippen LogP contribution is -2.31. The Morgan fingerprint density at radius 1 is 1.33 bits per heavy atom. The van der Waals surface area contributed by atoms with E-state index in [2.05, 4.69) is 0 Å². The van der Waals surface area contributed by atoms with Gasteiger partial charge in [-0.15, -0.1) is 0 Å². The van der Waals surface area contributed by atoms with E-state index in [9.17, 15) is 8.78 Å². The fraction of sp³-hybridized carbons (Fsp3) is 0.462. The Hall–Kier alpha value is -1.65. The Morgan fingerprint density at radius 3 is 2.39 bits per heavy atom. The highest BCUT2D eigenvalue weighted by atomic mass is 19.1. The van der Waals surface area contributed by atoms with Crippen LogP contribution in [0.4, 0.5) is 8.78 Å². The Balaban J connectivity index is 2.46. The summed E-state index contributed by atoms with van der Waals surface area (Å²) in [4.78, 5) is 0. The number of halogens is 2. The summed E-state index contributed by atoms with van der Waals surface area (Å²) in [6, 6.07) is 3.59. The monoisotopic (exact) mass is 256 g/mol. The van der Waals surface area contributed by atoms with Crippen LogP contribution in [0, 0.1) is 22.5 Å². The summed E-state index contributed by atoms with van der Waals surface area (Å²) in [5, 5.41) is 7.38. The van der Waals surface area contributed by atoms with E-state index in [1.54, 1.807) is 0 Å². The zero-order chi connectivity index (χ0) is 13.8. The van der Waals surface area contributed by atoms with Crippen LogP contribution in [0.15, 0.2) is 18.2 Å². The summed E-state index contributed by atoms with van der Waals surface area (Å²) in [7, 11) is 0. The van der Waals surface area contributed by atoms with Gasteiger partial charge in [0.1, 0.15) is 0 Å². The first-order valence-electron chi connectivity index (χ1n) is 5.76. The van der Waals surface area contributed by atoms with E-state index < -0.39 is 17.0 Å². The molecule has 3 nitrogen and oxygen atoms in total. The number of para-hydroxylation sites is 1. The summed E-state index contributed by atoms with van der Waals surface area (Å²) in [5.41, 5.74) is 5.01. The van der Waals surface area contributed by atoms with E-state index in [1.807, 2.05) is 13.8 Å². The van der Waals surface area contributed by atoms with Gasteiger partial charge in [-0.2, -0.15) is 0 Å². The number of hydrogen-bond donors (Lipinski definition) is 2. The van der Waals surface area contributed by atoms with Gasteiger partial charge in [-0.25, -0.2) is 8.78 Å². The molecule has 0 atom stereocenters. The standard InChI is InChI=1S/C13H18F2N2O/c1-13(2,12(16)17)7-4-8-18-11-9(14)5-3-6-10(11)15/h3,5-6H,4,7-8H2,1-2H3,(H3,16,17). The van der Waals surface area contributed by atoms with Crippen LogP contribution in [0.3, 0.4) is 0 Å². The predicted molar refractivity (Wildman–Crippen MR) is 66.8 cm³/mol. The molecule has 1 aromatic rings. The van der Waals surface area contributed by atoms with Crippen molar-refractivity contribution in [3.63, 3.8) is 0 Å². The minimum absolute atomic E-state index is 0.0968. The van der Waals surface area contributed by atoms with Crippen molar-refractivity contribution in [3.05, 3.63) is 29.8 Å². The average molecular weight is 256 g/mol. The highest BCUT2D eigenvalue weighted by Crippen LogP contribution is 2.24. The first-order valence-corrected chi connectivity index (χ1v) is 5.76. The third kappa shape index (κ3) is 3.68. The van der Waals surface area contributed by atoms with Gasteiger partial charge in [-0.3, -0.25) is 5.41 Å². The van der Waals surface area contributed by atoms with Crippen LogP contribution in [0.1, 0.15) is 26.7 Å². The number of benzene rings is 1. The fourth-order valence-electron chi connectivity index (χ4n) is 1.44. The summed E-state index contributed by atoms with van der Waals surface area (Å²) in [6.45, 7) is 3.88. The van der Waals surface area contributed by atoms with Crippen LogP contribution in [0.2, 0.25) is 0 Å². The lowest BCUT2D eigenvalue weighted by atomic mass is 9.87. The second-order valence-electron chi connectivity index (χ2n) is 4.80. The molecule has 0 saturated heterocycles. The molecule has 0 aliphatic heterocycles. The van der Waals surface area contributed by atoms with Gasteiger partial charge >= 0.3 is 0 Å². The number of ether oxygens (including phenoxy) is 1. The van der Waals surface area contributed by atoms with Crippen molar-refractivity contribution < 1.29 is 13.5 Å². The molecule has 0 fully saturated rings. The molecule has 0 aliphatic rings. The number of nitrogens with one attached hydrogen (secondary N) is 1. The molecule has 0 aliphatic carbocycles. The predicted octanol–water partition coefficient (Wildman–Crippen LogP) is 3.09. The molecule has 0 unspecified atom stereocenters. The molecule has 18 heavy (non-hydrogen) atoms. The van der Waals surface area contributed by atoms with Gasteiger partial charge in [0.05, 0.1) is 12.4 Å². The molecule has 0 amide bonds. The average Bonchev–Trinajstić information content (AvgIpc) is 2.27. The zero-order valence-electron chi connectivity index (χ0n) is 10.6. The van der Waals surface area contributed by atoms with E-state index in [1.165, 1.54) is 6.07 Å². The summed E-state index contributed by atoms with van der Waals surface area (Å²) >= 11 is 0. The second-order valence-corrected chi connectivity index (χ2v) is 4.80. The maximum Gasteiger partial charge on any atom is 0.190 e. The van der Waals surface area contributed by atoms with E-state index in [0.717, 1.165) is 12.1 Å². The van der Waals surface area contributed by atoms with Gasteiger partial charge < -0.3 is 10.5 Å². The molecule has 0 aromatic heterocycles. The lowest BCUT2D eigenvalue weighted by Gasteiger charge is -2.22. The normalized spacial score (nSPS) is 11.3. The number of nitrogens with two attached hydrogens (primary N) is 1. The SMILES string of the molecule is CC(C)(CCCOc1c(F)cccc1F)C(=N)N. The molecular formula is C13H18F2N2O. The molecule has 0 bridgehead atoms. The Labute approximate surface area is 105 Å². The molecule has 0 saturated carbocycles. The molecule has 0 spiro atoms. The third-order valence-electron chi connectivity index (χ3n) is 2.84. The van der Waals surface area contributed by atoms with Crippen molar-refractivity contribution in [2.45, 2.75) is 26.7 Å². The highest BCUT2D eigenvalue weighted by Gasteiger charge is 2.21. The van der Waals surface area contributed by atoms with Gasteiger partial charge in [-0.05, 0) is 25.0 Å². The van der Waals surface area contributed by atoms with Crippen LogP contribution in [-0.4, -0.2) is 12.4 Å². The number of rotatable bonds is 6. The van der Waals surface area contributed by atoms with E-state index >= 15 is 0 Å². The highest BCUT2D eigenvalue weighted by molar-refractivity contribution is 5.82. The molecule has 0 heterocycles. The van der Waals surface area contributed by atoms with E-state index in [4.69, 9.17) is 15.9 Å². The van der Waals surface area contributed by atoms with E-state index in [-0.39, 0.29) is 18.2 Å². The zero-order valence-corrected chi connectivity index (χ0v) is 10.6. The molecule has 100 valence electrons. The lowest BCUT2D eigenvalue weighted by molar-refractivity contribution is 0.262. The van der Waals surface area contributed by atoms with Crippen molar-refractivity contribution in [3.8, 4) is 5.75 Å². The van der Waals surface area contributed by atoms with Gasteiger partial charge in [0.2, 0.25) is 0 Å². The van der Waals surface area contributed by atoms with Crippen molar-refractivity contribution in [2.75, 3.05) is 6.61 Å². The van der Waals surface area contributed by atoms with Crippen molar-refractivity contribution >= 4 is 5.84 Å². The molecular weight excluding hydrogens is 238 g/mol. The fourth-order valence-corrected chi connectivity index (χ4v) is 1.44.